The minimum absolute atomic E-state index is 0.00541. The van der Waals surface area contributed by atoms with Gasteiger partial charge in [-0.05, 0) is 48.0 Å². The van der Waals surface area contributed by atoms with E-state index in [0.717, 1.165) is 16.5 Å². The summed E-state index contributed by atoms with van der Waals surface area (Å²) in [6.07, 6.45) is 0. The molecule has 9 heteroatoms. The number of nitrogens with two attached hydrogens (primary N) is 1. The number of primary amides is 1. The minimum atomic E-state index is -2.91. The lowest BCUT2D eigenvalue weighted by atomic mass is 10.0. The quantitative estimate of drug-likeness (QED) is 0.334. The summed E-state index contributed by atoms with van der Waals surface area (Å²) in [4.78, 5) is 27.2. The van der Waals surface area contributed by atoms with Crippen LogP contribution in [0.15, 0.2) is 72.8 Å². The summed E-state index contributed by atoms with van der Waals surface area (Å²) in [5.74, 6) is -0.572. The van der Waals surface area contributed by atoms with Crippen molar-refractivity contribution in [3.8, 4) is 16.9 Å². The summed E-state index contributed by atoms with van der Waals surface area (Å²) in [7, 11) is 0. The van der Waals surface area contributed by atoms with Crippen LogP contribution in [0.2, 0.25) is 0 Å². The van der Waals surface area contributed by atoms with E-state index in [9.17, 15) is 18.4 Å². The zero-order valence-corrected chi connectivity index (χ0v) is 16.6. The number of amides is 3. The Balaban J connectivity index is 1.48. The van der Waals surface area contributed by atoms with Crippen LogP contribution in [0.1, 0.15) is 10.5 Å². The van der Waals surface area contributed by atoms with E-state index >= 15 is 0 Å². The highest BCUT2D eigenvalue weighted by Gasteiger charge is 2.17. The van der Waals surface area contributed by atoms with Crippen LogP contribution in [-0.4, -0.2) is 23.5 Å². The number of ether oxygens (including phenoxy) is 1. The fourth-order valence-electron chi connectivity index (χ4n) is 3.36. The Hall–Kier alpha value is -4.40. The van der Waals surface area contributed by atoms with Crippen molar-refractivity contribution in [1.29, 1.82) is 0 Å². The molecule has 0 saturated heterocycles. The first kappa shape index (κ1) is 20.9. The molecule has 0 aliphatic carbocycles. The molecular weight excluding hydrogens is 418 g/mol. The van der Waals surface area contributed by atoms with Crippen molar-refractivity contribution in [3.05, 3.63) is 78.5 Å². The van der Waals surface area contributed by atoms with Gasteiger partial charge < -0.3 is 26.1 Å². The lowest BCUT2D eigenvalue weighted by Crippen LogP contribution is -2.19. The van der Waals surface area contributed by atoms with Gasteiger partial charge in [0.25, 0.3) is 5.91 Å². The first-order chi connectivity index (χ1) is 15.4. The summed E-state index contributed by atoms with van der Waals surface area (Å²) in [6.45, 7) is -2.91. The van der Waals surface area contributed by atoms with Crippen molar-refractivity contribution < 1.29 is 23.1 Å². The highest BCUT2D eigenvalue weighted by Crippen LogP contribution is 2.33. The van der Waals surface area contributed by atoms with Gasteiger partial charge >= 0.3 is 12.6 Å². The van der Waals surface area contributed by atoms with Crippen LogP contribution in [0.3, 0.4) is 0 Å². The SMILES string of the molecule is NC(=O)c1[nH]c2ccccc2c1-c1ccc(NC(=O)Nc2ccc(OC(F)F)cc2)cc1. The number of alkyl halides is 2. The normalized spacial score (nSPS) is 10.8. The van der Waals surface area contributed by atoms with Gasteiger partial charge in [0, 0.05) is 27.8 Å². The third kappa shape index (κ3) is 4.51. The Labute approximate surface area is 181 Å². The van der Waals surface area contributed by atoms with Crippen molar-refractivity contribution in [2.75, 3.05) is 10.6 Å². The van der Waals surface area contributed by atoms with E-state index < -0.39 is 18.5 Å². The molecule has 0 saturated carbocycles. The standard InChI is InChI=1S/C23H18F2N4O3/c24-22(25)32-16-11-9-15(10-12-16)28-23(31)27-14-7-5-13(6-8-14)19-17-3-1-2-4-18(17)29-20(19)21(26)30/h1-12,22,29H,(H2,26,30)(H2,27,28,31). The van der Waals surface area contributed by atoms with Crippen LogP contribution in [0.25, 0.3) is 22.0 Å². The summed E-state index contributed by atoms with van der Waals surface area (Å²) in [5, 5.41) is 6.15. The predicted octanol–water partition coefficient (Wildman–Crippen LogP) is 5.18. The molecule has 3 aromatic carbocycles. The first-order valence-electron chi connectivity index (χ1n) is 9.54. The van der Waals surface area contributed by atoms with E-state index in [-0.39, 0.29) is 5.75 Å². The average molecular weight is 436 g/mol. The van der Waals surface area contributed by atoms with Crippen LogP contribution in [-0.2, 0) is 0 Å². The number of nitrogens with one attached hydrogen (secondary N) is 3. The summed E-state index contributed by atoms with van der Waals surface area (Å²) < 4.78 is 28.7. The van der Waals surface area contributed by atoms with Crippen molar-refractivity contribution in [2.45, 2.75) is 6.61 Å². The molecule has 5 N–H and O–H groups in total. The molecule has 7 nitrogen and oxygen atoms in total. The Morgan fingerprint density at radius 1 is 0.875 bits per heavy atom. The van der Waals surface area contributed by atoms with Gasteiger partial charge in [-0.1, -0.05) is 30.3 Å². The number of fused-ring (bicyclic) bond motifs is 1. The molecule has 0 aliphatic rings. The summed E-state index contributed by atoms with van der Waals surface area (Å²) in [5.41, 5.74) is 9.02. The number of urea groups is 1. The van der Waals surface area contributed by atoms with E-state index in [1.165, 1.54) is 24.3 Å². The Kier molecular flexibility index (Phi) is 5.71. The second-order valence-corrected chi connectivity index (χ2v) is 6.84. The Bertz CT molecular complexity index is 1270. The molecule has 1 aromatic heterocycles. The number of hydrogen-bond acceptors (Lipinski definition) is 3. The third-order valence-corrected chi connectivity index (χ3v) is 4.72. The molecule has 0 unspecified atom stereocenters. The van der Waals surface area contributed by atoms with E-state index in [1.807, 2.05) is 24.3 Å². The Morgan fingerprint density at radius 3 is 2.06 bits per heavy atom. The molecule has 0 aliphatic heterocycles. The molecule has 0 radical (unpaired) electrons. The number of anilines is 2. The molecule has 0 bridgehead atoms. The number of halogens is 2. The second kappa shape index (κ2) is 8.76. The number of aromatic amines is 1. The largest absolute Gasteiger partial charge is 0.435 e. The van der Waals surface area contributed by atoms with Crippen LogP contribution in [0, 0.1) is 0 Å². The van der Waals surface area contributed by atoms with Crippen LogP contribution >= 0.6 is 0 Å². The summed E-state index contributed by atoms with van der Waals surface area (Å²) in [6, 6.07) is 19.5. The highest BCUT2D eigenvalue weighted by atomic mass is 19.3. The van der Waals surface area contributed by atoms with E-state index in [0.29, 0.717) is 22.6 Å². The maximum Gasteiger partial charge on any atom is 0.387 e. The molecule has 4 rings (SSSR count). The second-order valence-electron chi connectivity index (χ2n) is 6.84. The molecule has 0 fully saturated rings. The Morgan fingerprint density at radius 2 is 1.47 bits per heavy atom. The predicted molar refractivity (Wildman–Crippen MR) is 118 cm³/mol. The van der Waals surface area contributed by atoms with Crippen molar-refractivity contribution >= 4 is 34.2 Å². The maximum absolute atomic E-state index is 12.2. The number of carbonyl (C=O) groups excluding carboxylic acids is 2. The number of para-hydroxylation sites is 1. The molecular formula is C23H18F2N4O3. The van der Waals surface area contributed by atoms with Crippen LogP contribution < -0.4 is 21.1 Å². The summed E-state index contributed by atoms with van der Waals surface area (Å²) >= 11 is 0. The minimum Gasteiger partial charge on any atom is -0.435 e. The fraction of sp³-hybridized carbons (Fsp3) is 0.0435. The lowest BCUT2D eigenvalue weighted by molar-refractivity contribution is -0.0498. The molecule has 0 spiro atoms. The molecule has 0 atom stereocenters. The molecule has 162 valence electrons. The van der Waals surface area contributed by atoms with Gasteiger partial charge in [-0.15, -0.1) is 0 Å². The smallest absolute Gasteiger partial charge is 0.387 e. The first-order valence-corrected chi connectivity index (χ1v) is 9.54. The van der Waals surface area contributed by atoms with Crippen molar-refractivity contribution in [2.24, 2.45) is 5.73 Å². The zero-order chi connectivity index (χ0) is 22.7. The van der Waals surface area contributed by atoms with Gasteiger partial charge in [0.1, 0.15) is 11.4 Å². The van der Waals surface area contributed by atoms with E-state index in [1.54, 1.807) is 24.3 Å². The lowest BCUT2D eigenvalue weighted by Gasteiger charge is -2.10. The molecule has 3 amide bonds. The number of aromatic nitrogens is 1. The highest BCUT2D eigenvalue weighted by molar-refractivity contribution is 6.09. The van der Waals surface area contributed by atoms with Gasteiger partial charge in [-0.2, -0.15) is 8.78 Å². The average Bonchev–Trinajstić information content (AvgIpc) is 3.15. The van der Waals surface area contributed by atoms with Crippen molar-refractivity contribution in [1.82, 2.24) is 4.98 Å². The number of benzene rings is 3. The molecule has 1 heterocycles. The van der Waals surface area contributed by atoms with Gasteiger partial charge in [-0.3, -0.25) is 4.79 Å². The number of rotatable bonds is 6. The van der Waals surface area contributed by atoms with Gasteiger partial charge in [-0.25, -0.2) is 4.79 Å². The van der Waals surface area contributed by atoms with Crippen LogP contribution in [0.4, 0.5) is 25.0 Å². The van der Waals surface area contributed by atoms with E-state index in [2.05, 4.69) is 20.4 Å². The van der Waals surface area contributed by atoms with Gasteiger partial charge in [0.15, 0.2) is 0 Å². The van der Waals surface area contributed by atoms with Crippen LogP contribution in [0.5, 0.6) is 5.75 Å². The molecule has 32 heavy (non-hydrogen) atoms. The van der Waals surface area contributed by atoms with Gasteiger partial charge in [0.05, 0.1) is 0 Å². The molecule has 4 aromatic rings. The fourth-order valence-corrected chi connectivity index (χ4v) is 3.36. The number of H-pyrrole nitrogens is 1. The van der Waals surface area contributed by atoms with E-state index in [4.69, 9.17) is 5.73 Å². The zero-order valence-electron chi connectivity index (χ0n) is 16.6. The number of hydrogen-bond donors (Lipinski definition) is 4. The third-order valence-electron chi connectivity index (χ3n) is 4.72. The number of carbonyl (C=O) groups is 2. The maximum atomic E-state index is 12.2. The van der Waals surface area contributed by atoms with Gasteiger partial charge in [0.2, 0.25) is 0 Å². The topological polar surface area (TPSA) is 109 Å². The monoisotopic (exact) mass is 436 g/mol. The van der Waals surface area contributed by atoms with Crippen molar-refractivity contribution in [3.63, 3.8) is 0 Å².